The van der Waals surface area contributed by atoms with Crippen LogP contribution in [0, 0.1) is 5.82 Å². The Balaban J connectivity index is 1.61. The number of amides is 2. The zero-order valence-corrected chi connectivity index (χ0v) is 17.6. The van der Waals surface area contributed by atoms with Crippen molar-refractivity contribution < 1.29 is 18.7 Å². The van der Waals surface area contributed by atoms with Crippen molar-refractivity contribution in [2.45, 2.75) is 26.4 Å². The molecule has 2 amide bonds. The summed E-state index contributed by atoms with van der Waals surface area (Å²) in [5.41, 5.74) is 0.325. The smallest absolute Gasteiger partial charge is 0.410 e. The van der Waals surface area contributed by atoms with Crippen LogP contribution in [0.3, 0.4) is 0 Å². The molecule has 1 aromatic carbocycles. The van der Waals surface area contributed by atoms with Gasteiger partial charge in [0.25, 0.3) is 5.91 Å². The molecule has 0 aromatic heterocycles. The largest absolute Gasteiger partial charge is 0.444 e. The highest BCUT2D eigenvalue weighted by atomic mass is 32.2. The number of thioether (sulfide) groups is 1. The lowest BCUT2D eigenvalue weighted by molar-refractivity contribution is 0.0240. The maximum absolute atomic E-state index is 14.7. The maximum atomic E-state index is 14.7. The summed E-state index contributed by atoms with van der Waals surface area (Å²) >= 11 is 1.83. The van der Waals surface area contributed by atoms with Gasteiger partial charge >= 0.3 is 6.09 Å². The minimum absolute atomic E-state index is 0.111. The summed E-state index contributed by atoms with van der Waals surface area (Å²) in [6, 6.07) is 4.70. The zero-order chi connectivity index (χ0) is 20.3. The number of anilines is 1. The molecule has 1 aromatic rings. The molecule has 0 radical (unpaired) electrons. The molecule has 0 spiro atoms. The first-order valence-electron chi connectivity index (χ1n) is 9.64. The maximum Gasteiger partial charge on any atom is 0.410 e. The van der Waals surface area contributed by atoms with Crippen LogP contribution >= 0.6 is 11.8 Å². The SMILES string of the molecule is CC(C)(C)OC(=O)N1CCN(c2ccc(C(=O)N3CCSCC3)cc2F)CC1. The molecule has 2 aliphatic rings. The van der Waals surface area contributed by atoms with Gasteiger partial charge in [-0.2, -0.15) is 11.8 Å². The quantitative estimate of drug-likeness (QED) is 0.751. The van der Waals surface area contributed by atoms with Gasteiger partial charge in [0.15, 0.2) is 0 Å². The van der Waals surface area contributed by atoms with Gasteiger partial charge in [-0.25, -0.2) is 9.18 Å². The van der Waals surface area contributed by atoms with Crippen molar-refractivity contribution in [1.82, 2.24) is 9.80 Å². The van der Waals surface area contributed by atoms with Crippen LogP contribution in [0.2, 0.25) is 0 Å². The first kappa shape index (κ1) is 20.8. The van der Waals surface area contributed by atoms with Crippen LogP contribution in [0.25, 0.3) is 0 Å². The van der Waals surface area contributed by atoms with Gasteiger partial charge in [-0.15, -0.1) is 0 Å². The second-order valence-corrected chi connectivity index (χ2v) is 9.25. The highest BCUT2D eigenvalue weighted by Gasteiger charge is 2.27. The molecule has 2 fully saturated rings. The summed E-state index contributed by atoms with van der Waals surface area (Å²) in [6.07, 6.45) is -0.340. The Bertz CT molecular complexity index is 724. The standard InChI is InChI=1S/C20H28FN3O3S/c1-20(2,3)27-19(26)24-8-6-22(7-9-24)17-5-4-15(14-16(17)21)18(25)23-10-12-28-13-11-23/h4-5,14H,6-13H2,1-3H3. The van der Waals surface area contributed by atoms with Crippen molar-refractivity contribution in [2.24, 2.45) is 0 Å². The molecule has 6 nitrogen and oxygen atoms in total. The molecule has 0 N–H and O–H groups in total. The van der Waals surface area contributed by atoms with Crippen LogP contribution < -0.4 is 4.90 Å². The Hall–Kier alpha value is -1.96. The van der Waals surface area contributed by atoms with Crippen LogP contribution in [0.15, 0.2) is 18.2 Å². The van der Waals surface area contributed by atoms with E-state index in [-0.39, 0.29) is 12.0 Å². The number of nitrogens with zero attached hydrogens (tertiary/aromatic N) is 3. The highest BCUT2D eigenvalue weighted by molar-refractivity contribution is 7.99. The van der Waals surface area contributed by atoms with E-state index in [1.807, 2.05) is 37.4 Å². The van der Waals surface area contributed by atoms with Gasteiger partial charge in [-0.1, -0.05) is 0 Å². The number of hydrogen-bond donors (Lipinski definition) is 0. The summed E-state index contributed by atoms with van der Waals surface area (Å²) in [6.45, 7) is 8.91. The Morgan fingerprint density at radius 1 is 1.00 bits per heavy atom. The van der Waals surface area contributed by atoms with Crippen molar-refractivity contribution in [2.75, 3.05) is 55.7 Å². The second-order valence-electron chi connectivity index (χ2n) is 8.03. The van der Waals surface area contributed by atoms with Gasteiger partial charge < -0.3 is 19.4 Å². The van der Waals surface area contributed by atoms with Crippen molar-refractivity contribution in [1.29, 1.82) is 0 Å². The molecular weight excluding hydrogens is 381 g/mol. The summed E-state index contributed by atoms with van der Waals surface area (Å²) in [4.78, 5) is 30.0. The third kappa shape index (κ3) is 5.10. The van der Waals surface area contributed by atoms with Crippen LogP contribution in [0.4, 0.5) is 14.9 Å². The third-order valence-corrected chi connectivity index (χ3v) is 5.71. The number of rotatable bonds is 2. The van der Waals surface area contributed by atoms with Gasteiger partial charge in [0.2, 0.25) is 0 Å². The number of carbonyl (C=O) groups is 2. The predicted octanol–water partition coefficient (Wildman–Crippen LogP) is 3.07. The number of piperazine rings is 1. The first-order chi connectivity index (χ1) is 13.2. The van der Waals surface area contributed by atoms with E-state index in [9.17, 15) is 14.0 Å². The van der Waals surface area contributed by atoms with E-state index in [0.29, 0.717) is 50.5 Å². The minimum Gasteiger partial charge on any atom is -0.444 e. The Morgan fingerprint density at radius 3 is 2.21 bits per heavy atom. The van der Waals surface area contributed by atoms with E-state index < -0.39 is 11.4 Å². The monoisotopic (exact) mass is 409 g/mol. The van der Waals surface area contributed by atoms with Crippen molar-refractivity contribution in [3.05, 3.63) is 29.6 Å². The van der Waals surface area contributed by atoms with Gasteiger partial charge in [-0.05, 0) is 39.0 Å². The van der Waals surface area contributed by atoms with Crippen molar-refractivity contribution >= 4 is 29.4 Å². The third-order valence-electron chi connectivity index (χ3n) is 4.76. The Kier molecular flexibility index (Phi) is 6.37. The van der Waals surface area contributed by atoms with E-state index in [0.717, 1.165) is 11.5 Å². The fourth-order valence-electron chi connectivity index (χ4n) is 3.30. The first-order valence-corrected chi connectivity index (χ1v) is 10.8. The van der Waals surface area contributed by atoms with Crippen LogP contribution in [-0.2, 0) is 4.74 Å². The molecule has 0 bridgehead atoms. The number of benzene rings is 1. The van der Waals surface area contributed by atoms with E-state index in [1.54, 1.807) is 21.9 Å². The molecule has 2 saturated heterocycles. The molecule has 0 atom stereocenters. The molecule has 154 valence electrons. The molecule has 0 saturated carbocycles. The number of ether oxygens (including phenoxy) is 1. The summed E-state index contributed by atoms with van der Waals surface area (Å²) in [5.74, 6) is 1.34. The van der Waals surface area contributed by atoms with Gasteiger partial charge in [0.05, 0.1) is 5.69 Å². The number of hydrogen-bond acceptors (Lipinski definition) is 5. The lowest BCUT2D eigenvalue weighted by Crippen LogP contribution is -2.50. The van der Waals surface area contributed by atoms with Gasteiger partial charge in [0, 0.05) is 56.3 Å². The normalized spacial score (nSPS) is 18.2. The minimum atomic E-state index is -0.532. The lowest BCUT2D eigenvalue weighted by atomic mass is 10.1. The van der Waals surface area contributed by atoms with E-state index in [4.69, 9.17) is 4.74 Å². The van der Waals surface area contributed by atoms with Crippen molar-refractivity contribution in [3.8, 4) is 0 Å². The molecule has 2 heterocycles. The summed E-state index contributed by atoms with van der Waals surface area (Å²) in [5, 5.41) is 0. The second kappa shape index (κ2) is 8.59. The van der Waals surface area contributed by atoms with Gasteiger partial charge in [0.1, 0.15) is 11.4 Å². The molecule has 3 rings (SSSR count). The number of carbonyl (C=O) groups excluding carboxylic acids is 2. The van der Waals surface area contributed by atoms with Crippen LogP contribution in [0.5, 0.6) is 0 Å². The molecule has 0 aliphatic carbocycles. The van der Waals surface area contributed by atoms with Crippen molar-refractivity contribution in [3.63, 3.8) is 0 Å². The Labute approximate surface area is 170 Å². The molecular formula is C20H28FN3O3S. The predicted molar refractivity (Wildman–Crippen MR) is 110 cm³/mol. The molecule has 8 heteroatoms. The fourth-order valence-corrected chi connectivity index (χ4v) is 4.20. The van der Waals surface area contributed by atoms with E-state index >= 15 is 0 Å². The molecule has 0 unspecified atom stereocenters. The van der Waals surface area contributed by atoms with E-state index in [2.05, 4.69) is 0 Å². The van der Waals surface area contributed by atoms with E-state index in [1.165, 1.54) is 6.07 Å². The summed E-state index contributed by atoms with van der Waals surface area (Å²) < 4.78 is 20.1. The van der Waals surface area contributed by atoms with Gasteiger partial charge in [-0.3, -0.25) is 4.79 Å². The van der Waals surface area contributed by atoms with Crippen LogP contribution in [-0.4, -0.2) is 78.2 Å². The fraction of sp³-hybridized carbons (Fsp3) is 0.600. The Morgan fingerprint density at radius 2 is 1.64 bits per heavy atom. The average molecular weight is 410 g/mol. The molecule has 28 heavy (non-hydrogen) atoms. The summed E-state index contributed by atoms with van der Waals surface area (Å²) in [7, 11) is 0. The topological polar surface area (TPSA) is 53.1 Å². The zero-order valence-electron chi connectivity index (χ0n) is 16.7. The highest BCUT2D eigenvalue weighted by Crippen LogP contribution is 2.24. The number of halogens is 1. The molecule has 2 aliphatic heterocycles. The van der Waals surface area contributed by atoms with Crippen LogP contribution in [0.1, 0.15) is 31.1 Å². The lowest BCUT2D eigenvalue weighted by Gasteiger charge is -2.37. The average Bonchev–Trinajstić information content (AvgIpc) is 2.67.